The van der Waals surface area contributed by atoms with Gasteiger partial charge in [-0.3, -0.25) is 9.59 Å². The van der Waals surface area contributed by atoms with E-state index < -0.39 is 18.0 Å². The molecule has 0 aromatic heterocycles. The summed E-state index contributed by atoms with van der Waals surface area (Å²) in [6, 6.07) is 12.9. The number of carbonyl (C=O) groups is 2. The zero-order valence-corrected chi connectivity index (χ0v) is 16.1. The van der Waals surface area contributed by atoms with Gasteiger partial charge in [0.05, 0.1) is 19.9 Å². The number of hydrogen-bond acceptors (Lipinski definition) is 5. The van der Waals surface area contributed by atoms with Gasteiger partial charge in [0.1, 0.15) is 11.5 Å². The van der Waals surface area contributed by atoms with E-state index >= 15 is 0 Å². The zero-order valence-electron chi connectivity index (χ0n) is 16.1. The standard InChI is InChI=1S/C21H25NO5/c1-14-9-11-19(26-4)17(13-14)22-21(24)15(2)27-20(23)12-10-16-7-5-6-8-18(16)25-3/h5-9,11,13,15H,10,12H2,1-4H3,(H,22,24)/t15-/m1/s1. The Labute approximate surface area is 159 Å². The minimum Gasteiger partial charge on any atom is -0.496 e. The van der Waals surface area contributed by atoms with Gasteiger partial charge in [-0.1, -0.05) is 24.3 Å². The number of amides is 1. The van der Waals surface area contributed by atoms with Crippen molar-refractivity contribution in [3.05, 3.63) is 53.6 Å². The molecule has 0 aliphatic carbocycles. The summed E-state index contributed by atoms with van der Waals surface area (Å²) in [6.45, 7) is 3.45. The van der Waals surface area contributed by atoms with Crippen molar-refractivity contribution in [2.75, 3.05) is 19.5 Å². The average molecular weight is 371 g/mol. The number of carbonyl (C=O) groups excluding carboxylic acids is 2. The molecule has 0 heterocycles. The van der Waals surface area contributed by atoms with Crippen LogP contribution < -0.4 is 14.8 Å². The number of hydrogen-bond donors (Lipinski definition) is 1. The highest BCUT2D eigenvalue weighted by atomic mass is 16.5. The summed E-state index contributed by atoms with van der Waals surface area (Å²) < 4.78 is 15.8. The smallest absolute Gasteiger partial charge is 0.306 e. The van der Waals surface area contributed by atoms with E-state index in [-0.39, 0.29) is 6.42 Å². The number of rotatable bonds is 8. The van der Waals surface area contributed by atoms with Gasteiger partial charge in [0, 0.05) is 6.42 Å². The van der Waals surface area contributed by atoms with Gasteiger partial charge in [0.2, 0.25) is 0 Å². The fraction of sp³-hybridized carbons (Fsp3) is 0.333. The van der Waals surface area contributed by atoms with Crippen LogP contribution in [0.3, 0.4) is 0 Å². The van der Waals surface area contributed by atoms with Crippen LogP contribution >= 0.6 is 0 Å². The second-order valence-electron chi connectivity index (χ2n) is 6.14. The molecule has 0 aliphatic heterocycles. The highest BCUT2D eigenvalue weighted by Crippen LogP contribution is 2.25. The molecular weight excluding hydrogens is 346 g/mol. The molecule has 0 saturated heterocycles. The molecular formula is C21H25NO5. The second kappa shape index (κ2) is 9.62. The van der Waals surface area contributed by atoms with Crippen LogP contribution in [0.4, 0.5) is 5.69 Å². The summed E-state index contributed by atoms with van der Waals surface area (Å²) in [5, 5.41) is 2.74. The van der Waals surface area contributed by atoms with Gasteiger partial charge in [-0.2, -0.15) is 0 Å². The highest BCUT2D eigenvalue weighted by Gasteiger charge is 2.19. The molecule has 2 aromatic carbocycles. The molecule has 0 saturated carbocycles. The second-order valence-corrected chi connectivity index (χ2v) is 6.14. The Balaban J connectivity index is 1.90. The number of aryl methyl sites for hydroxylation is 2. The molecule has 0 aliphatic rings. The molecule has 2 aromatic rings. The number of anilines is 1. The van der Waals surface area contributed by atoms with Gasteiger partial charge >= 0.3 is 5.97 Å². The Bertz CT molecular complexity index is 803. The van der Waals surface area contributed by atoms with Crippen LogP contribution in [0, 0.1) is 6.92 Å². The van der Waals surface area contributed by atoms with Crippen molar-refractivity contribution in [1.82, 2.24) is 0 Å². The lowest BCUT2D eigenvalue weighted by molar-refractivity contribution is -0.153. The summed E-state index contributed by atoms with van der Waals surface area (Å²) in [4.78, 5) is 24.4. The third-order valence-corrected chi connectivity index (χ3v) is 4.08. The van der Waals surface area contributed by atoms with E-state index in [1.807, 2.05) is 37.3 Å². The molecule has 6 heteroatoms. The molecule has 0 spiro atoms. The first-order chi connectivity index (χ1) is 12.9. The van der Waals surface area contributed by atoms with E-state index in [1.54, 1.807) is 26.2 Å². The predicted octanol–water partition coefficient (Wildman–Crippen LogP) is 3.52. The minimum absolute atomic E-state index is 0.158. The maximum Gasteiger partial charge on any atom is 0.306 e. The molecule has 1 N–H and O–H groups in total. The lowest BCUT2D eigenvalue weighted by Gasteiger charge is -2.16. The van der Waals surface area contributed by atoms with Gasteiger partial charge in [0.25, 0.3) is 5.91 Å². The highest BCUT2D eigenvalue weighted by molar-refractivity contribution is 5.96. The van der Waals surface area contributed by atoms with Crippen LogP contribution in [-0.4, -0.2) is 32.2 Å². The average Bonchev–Trinajstić information content (AvgIpc) is 2.66. The van der Waals surface area contributed by atoms with E-state index in [9.17, 15) is 9.59 Å². The summed E-state index contributed by atoms with van der Waals surface area (Å²) in [5.74, 6) is 0.413. The lowest BCUT2D eigenvalue weighted by atomic mass is 10.1. The maximum absolute atomic E-state index is 12.3. The Kier molecular flexibility index (Phi) is 7.23. The SMILES string of the molecule is COc1ccccc1CCC(=O)O[C@H](C)C(=O)Nc1cc(C)ccc1OC. The van der Waals surface area contributed by atoms with E-state index in [0.29, 0.717) is 17.9 Å². The van der Waals surface area contributed by atoms with Crippen LogP contribution in [0.1, 0.15) is 24.5 Å². The van der Waals surface area contributed by atoms with Gasteiger partial charge in [-0.05, 0) is 49.6 Å². The molecule has 0 fully saturated rings. The molecule has 1 atom stereocenters. The number of benzene rings is 2. The Morgan fingerprint density at radius 2 is 1.74 bits per heavy atom. The molecule has 0 radical (unpaired) electrons. The Morgan fingerprint density at radius 1 is 1.04 bits per heavy atom. The Hall–Kier alpha value is -3.02. The van der Waals surface area contributed by atoms with Crippen molar-refractivity contribution in [3.63, 3.8) is 0 Å². The number of esters is 1. The van der Waals surface area contributed by atoms with Crippen LogP contribution in [0.5, 0.6) is 11.5 Å². The van der Waals surface area contributed by atoms with E-state index in [2.05, 4.69) is 5.32 Å². The molecule has 0 bridgehead atoms. The molecule has 2 rings (SSSR count). The molecule has 1 amide bonds. The number of nitrogens with one attached hydrogen (secondary N) is 1. The Morgan fingerprint density at radius 3 is 2.44 bits per heavy atom. The summed E-state index contributed by atoms with van der Waals surface area (Å²) in [6.07, 6.45) is -0.283. The van der Waals surface area contributed by atoms with Crippen LogP contribution in [-0.2, 0) is 20.7 Å². The van der Waals surface area contributed by atoms with Crippen molar-refractivity contribution >= 4 is 17.6 Å². The maximum atomic E-state index is 12.3. The third kappa shape index (κ3) is 5.74. The van der Waals surface area contributed by atoms with Crippen molar-refractivity contribution in [1.29, 1.82) is 0 Å². The summed E-state index contributed by atoms with van der Waals surface area (Å²) in [7, 11) is 3.12. The van der Waals surface area contributed by atoms with E-state index in [1.165, 1.54) is 7.11 Å². The monoisotopic (exact) mass is 371 g/mol. The van der Waals surface area contributed by atoms with E-state index in [0.717, 1.165) is 16.9 Å². The molecule has 6 nitrogen and oxygen atoms in total. The largest absolute Gasteiger partial charge is 0.496 e. The summed E-state index contributed by atoms with van der Waals surface area (Å²) >= 11 is 0. The first kappa shape index (κ1) is 20.3. The number of para-hydroxylation sites is 1. The number of ether oxygens (including phenoxy) is 3. The van der Waals surface area contributed by atoms with Crippen molar-refractivity contribution in [2.24, 2.45) is 0 Å². The van der Waals surface area contributed by atoms with Crippen molar-refractivity contribution in [3.8, 4) is 11.5 Å². The van der Waals surface area contributed by atoms with E-state index in [4.69, 9.17) is 14.2 Å². The van der Waals surface area contributed by atoms with Gasteiger partial charge in [-0.15, -0.1) is 0 Å². The fourth-order valence-electron chi connectivity index (χ4n) is 2.61. The van der Waals surface area contributed by atoms with Gasteiger partial charge < -0.3 is 19.5 Å². The fourth-order valence-corrected chi connectivity index (χ4v) is 2.61. The first-order valence-electron chi connectivity index (χ1n) is 8.71. The molecule has 0 unspecified atom stereocenters. The predicted molar refractivity (Wildman–Crippen MR) is 103 cm³/mol. The minimum atomic E-state index is -0.916. The quantitative estimate of drug-likeness (QED) is 0.719. The van der Waals surface area contributed by atoms with Gasteiger partial charge in [-0.25, -0.2) is 0 Å². The van der Waals surface area contributed by atoms with Gasteiger partial charge in [0.15, 0.2) is 6.10 Å². The molecule has 27 heavy (non-hydrogen) atoms. The number of methoxy groups -OCH3 is 2. The third-order valence-electron chi connectivity index (χ3n) is 4.08. The van der Waals surface area contributed by atoms with Crippen LogP contribution in [0.2, 0.25) is 0 Å². The summed E-state index contributed by atoms with van der Waals surface area (Å²) in [5.41, 5.74) is 2.44. The normalized spacial score (nSPS) is 11.4. The van der Waals surface area contributed by atoms with Crippen molar-refractivity contribution < 1.29 is 23.8 Å². The lowest BCUT2D eigenvalue weighted by Crippen LogP contribution is -2.30. The van der Waals surface area contributed by atoms with Crippen LogP contribution in [0.25, 0.3) is 0 Å². The first-order valence-corrected chi connectivity index (χ1v) is 8.71. The van der Waals surface area contributed by atoms with Crippen molar-refractivity contribution in [2.45, 2.75) is 32.8 Å². The topological polar surface area (TPSA) is 73.9 Å². The zero-order chi connectivity index (χ0) is 19.8. The van der Waals surface area contributed by atoms with Crippen LogP contribution in [0.15, 0.2) is 42.5 Å². The molecule has 144 valence electrons.